The fourth-order valence-electron chi connectivity index (χ4n) is 2.46. The number of hydrogen-bond acceptors (Lipinski definition) is 6. The van der Waals surface area contributed by atoms with E-state index >= 15 is 0 Å². The Labute approximate surface area is 142 Å². The second-order valence-corrected chi connectivity index (χ2v) is 6.54. The Hall–Kier alpha value is -1.63. The lowest BCUT2D eigenvalue weighted by molar-refractivity contribution is -0.158. The molecule has 2 heterocycles. The maximum atomic E-state index is 11.8. The third kappa shape index (κ3) is 5.47. The summed E-state index contributed by atoms with van der Waals surface area (Å²) < 4.78 is 27.0. The molecule has 2 atom stereocenters. The van der Waals surface area contributed by atoms with Gasteiger partial charge in [0.2, 0.25) is 0 Å². The van der Waals surface area contributed by atoms with Crippen LogP contribution in [-0.2, 0) is 30.2 Å². The molecule has 1 aromatic rings. The molecule has 6 nitrogen and oxygen atoms in total. The van der Waals surface area contributed by atoms with E-state index in [0.29, 0.717) is 26.1 Å². The predicted octanol–water partition coefficient (Wildman–Crippen LogP) is 2.09. The molecule has 0 unspecified atom stereocenters. The van der Waals surface area contributed by atoms with Gasteiger partial charge in [-0.15, -0.1) is 0 Å². The number of carbonyl (C=O) groups is 1. The van der Waals surface area contributed by atoms with Gasteiger partial charge in [0.1, 0.15) is 31.2 Å². The summed E-state index contributed by atoms with van der Waals surface area (Å²) >= 11 is 0. The molecule has 3 rings (SSSR count). The Balaban J connectivity index is 1.33. The zero-order valence-corrected chi connectivity index (χ0v) is 14.2. The van der Waals surface area contributed by atoms with Crippen LogP contribution >= 0.6 is 0 Å². The Morgan fingerprint density at radius 3 is 2.54 bits per heavy atom. The molecular weight excluding hydrogens is 312 g/mol. The Morgan fingerprint density at radius 2 is 1.92 bits per heavy atom. The number of aryl methyl sites for hydroxylation is 1. The zero-order valence-electron chi connectivity index (χ0n) is 14.2. The van der Waals surface area contributed by atoms with E-state index in [1.807, 2.05) is 38.1 Å². The molecule has 0 aliphatic carbocycles. The van der Waals surface area contributed by atoms with Crippen LogP contribution in [0.2, 0.25) is 0 Å². The molecule has 132 valence electrons. The van der Waals surface area contributed by atoms with Gasteiger partial charge in [-0.25, -0.2) is 0 Å². The van der Waals surface area contributed by atoms with Gasteiger partial charge in [-0.05, 0) is 38.0 Å². The van der Waals surface area contributed by atoms with Gasteiger partial charge >= 0.3 is 5.97 Å². The minimum Gasteiger partial charge on any atom is -0.491 e. The summed E-state index contributed by atoms with van der Waals surface area (Å²) in [5.41, 5.74) is 1.07. The quantitative estimate of drug-likeness (QED) is 0.535. The molecule has 0 aromatic heterocycles. The van der Waals surface area contributed by atoms with Crippen molar-refractivity contribution < 1.29 is 28.5 Å². The first kappa shape index (κ1) is 17.2. The summed E-state index contributed by atoms with van der Waals surface area (Å²) in [6.07, 6.45) is 1.04. The highest BCUT2D eigenvalue weighted by atomic mass is 16.7. The fourth-order valence-corrected chi connectivity index (χ4v) is 2.46. The molecule has 1 aromatic carbocycles. The van der Waals surface area contributed by atoms with Gasteiger partial charge in [0.15, 0.2) is 5.79 Å². The number of hydrogen-bond donors (Lipinski definition) is 0. The maximum Gasteiger partial charge on any atom is 0.306 e. The maximum absolute atomic E-state index is 11.8. The van der Waals surface area contributed by atoms with Gasteiger partial charge in [-0.1, -0.05) is 12.1 Å². The highest BCUT2D eigenvalue weighted by Crippen LogP contribution is 2.22. The Bertz CT molecular complexity index is 549. The zero-order chi connectivity index (χ0) is 17.0. The summed E-state index contributed by atoms with van der Waals surface area (Å²) in [6.45, 7) is 5.76. The number of benzene rings is 1. The topological polar surface area (TPSA) is 66.5 Å². The summed E-state index contributed by atoms with van der Waals surface area (Å²) in [6, 6.07) is 7.75. The van der Waals surface area contributed by atoms with E-state index in [1.54, 1.807) is 0 Å². The third-order valence-electron chi connectivity index (χ3n) is 3.88. The summed E-state index contributed by atoms with van der Waals surface area (Å²) in [4.78, 5) is 11.8. The van der Waals surface area contributed by atoms with Crippen LogP contribution < -0.4 is 4.74 Å². The number of carbonyl (C=O) groups excluding carboxylic acids is 1. The summed E-state index contributed by atoms with van der Waals surface area (Å²) in [7, 11) is 0. The predicted molar refractivity (Wildman–Crippen MR) is 85.9 cm³/mol. The van der Waals surface area contributed by atoms with E-state index in [1.165, 1.54) is 0 Å². The number of rotatable bonds is 8. The van der Waals surface area contributed by atoms with E-state index in [0.717, 1.165) is 17.9 Å². The van der Waals surface area contributed by atoms with Crippen molar-refractivity contribution in [1.29, 1.82) is 0 Å². The van der Waals surface area contributed by atoms with Crippen LogP contribution in [0.5, 0.6) is 5.75 Å². The molecule has 2 fully saturated rings. The van der Waals surface area contributed by atoms with Crippen LogP contribution in [0.4, 0.5) is 0 Å². The standard InChI is InChI=1S/C18H24O6/c1-18(2)23-12-16(24-18)11-22-17(19)8-5-13-3-6-14(7-4-13)20-9-15-10-21-15/h3-4,6-7,15-16H,5,8-12H2,1-2H3/t15-,16-/m0/s1. The average Bonchev–Trinajstić information content (AvgIpc) is 3.32. The van der Waals surface area contributed by atoms with Crippen molar-refractivity contribution in [3.63, 3.8) is 0 Å². The van der Waals surface area contributed by atoms with E-state index in [2.05, 4.69) is 0 Å². The van der Waals surface area contributed by atoms with Crippen molar-refractivity contribution in [3.05, 3.63) is 29.8 Å². The number of ether oxygens (including phenoxy) is 5. The van der Waals surface area contributed by atoms with E-state index in [-0.39, 0.29) is 24.8 Å². The lowest BCUT2D eigenvalue weighted by Gasteiger charge is -2.17. The van der Waals surface area contributed by atoms with Crippen molar-refractivity contribution >= 4 is 5.97 Å². The van der Waals surface area contributed by atoms with Crippen LogP contribution in [0.3, 0.4) is 0 Å². The Kier molecular flexibility index (Phi) is 5.38. The largest absolute Gasteiger partial charge is 0.491 e. The normalized spacial score (nSPS) is 24.6. The fraction of sp³-hybridized carbons (Fsp3) is 0.611. The molecular formula is C18H24O6. The highest BCUT2D eigenvalue weighted by Gasteiger charge is 2.33. The van der Waals surface area contributed by atoms with E-state index < -0.39 is 5.79 Å². The molecule has 0 amide bonds. The highest BCUT2D eigenvalue weighted by molar-refractivity contribution is 5.69. The second-order valence-electron chi connectivity index (χ2n) is 6.54. The molecule has 2 aliphatic rings. The molecule has 2 aliphatic heterocycles. The number of epoxide rings is 1. The lowest BCUT2D eigenvalue weighted by atomic mass is 10.1. The average molecular weight is 336 g/mol. The van der Waals surface area contributed by atoms with Crippen LogP contribution in [0, 0.1) is 0 Å². The molecule has 0 bridgehead atoms. The first-order chi connectivity index (χ1) is 11.5. The smallest absolute Gasteiger partial charge is 0.306 e. The van der Waals surface area contributed by atoms with Crippen LogP contribution in [-0.4, -0.2) is 50.4 Å². The van der Waals surface area contributed by atoms with Crippen LogP contribution in [0.25, 0.3) is 0 Å². The van der Waals surface area contributed by atoms with Gasteiger partial charge in [0.05, 0.1) is 13.2 Å². The molecule has 6 heteroatoms. The second kappa shape index (κ2) is 7.51. The summed E-state index contributed by atoms with van der Waals surface area (Å²) in [5.74, 6) is -0.000623. The van der Waals surface area contributed by atoms with E-state index in [9.17, 15) is 4.79 Å². The molecule has 0 N–H and O–H groups in total. The molecule has 0 spiro atoms. The minimum atomic E-state index is -0.591. The SMILES string of the molecule is CC1(C)OC[C@H](COC(=O)CCc2ccc(OC[C@H]3CO3)cc2)O1. The van der Waals surface area contributed by atoms with Gasteiger partial charge < -0.3 is 23.7 Å². The van der Waals surface area contributed by atoms with Gasteiger partial charge in [-0.3, -0.25) is 4.79 Å². The monoisotopic (exact) mass is 336 g/mol. The first-order valence-electron chi connectivity index (χ1n) is 8.31. The molecule has 0 radical (unpaired) electrons. The van der Waals surface area contributed by atoms with Gasteiger partial charge in [0.25, 0.3) is 0 Å². The number of esters is 1. The minimum absolute atomic E-state index is 0.184. The van der Waals surface area contributed by atoms with Crippen molar-refractivity contribution in [2.24, 2.45) is 0 Å². The molecule has 24 heavy (non-hydrogen) atoms. The van der Waals surface area contributed by atoms with Crippen LogP contribution in [0.1, 0.15) is 25.8 Å². The van der Waals surface area contributed by atoms with Gasteiger partial charge in [-0.2, -0.15) is 0 Å². The van der Waals surface area contributed by atoms with Crippen molar-refractivity contribution in [3.8, 4) is 5.75 Å². The Morgan fingerprint density at radius 1 is 1.17 bits per heavy atom. The van der Waals surface area contributed by atoms with E-state index in [4.69, 9.17) is 23.7 Å². The lowest BCUT2D eigenvalue weighted by Crippen LogP contribution is -2.25. The van der Waals surface area contributed by atoms with Crippen LogP contribution in [0.15, 0.2) is 24.3 Å². The van der Waals surface area contributed by atoms with Gasteiger partial charge in [0, 0.05) is 6.42 Å². The van der Waals surface area contributed by atoms with Crippen molar-refractivity contribution in [2.45, 2.75) is 44.7 Å². The summed E-state index contributed by atoms with van der Waals surface area (Å²) in [5, 5.41) is 0. The molecule has 0 saturated carbocycles. The third-order valence-corrected chi connectivity index (χ3v) is 3.88. The van der Waals surface area contributed by atoms with Crippen molar-refractivity contribution in [2.75, 3.05) is 26.4 Å². The van der Waals surface area contributed by atoms with Crippen molar-refractivity contribution in [1.82, 2.24) is 0 Å². The first-order valence-corrected chi connectivity index (χ1v) is 8.31. The molecule has 2 saturated heterocycles.